The molecule has 1 spiro atoms. The fourth-order valence-corrected chi connectivity index (χ4v) is 4.27. The van der Waals surface area contributed by atoms with E-state index in [4.69, 9.17) is 0 Å². The molecule has 2 nitrogen and oxygen atoms in total. The van der Waals surface area contributed by atoms with Crippen molar-refractivity contribution in [1.82, 2.24) is 9.80 Å². The van der Waals surface area contributed by atoms with Crippen LogP contribution in [0, 0.1) is 5.92 Å². The SMILES string of the molecule is C=CC1=CN2CC3(CC3CC)N(CC)C(=C)C2=C(C)C1=C. The second-order valence-electron chi connectivity index (χ2n) is 6.47. The number of hydrogen-bond acceptors (Lipinski definition) is 2. The highest BCUT2D eigenvalue weighted by Gasteiger charge is 2.60. The maximum atomic E-state index is 4.42. The van der Waals surface area contributed by atoms with Crippen LogP contribution in [-0.2, 0) is 0 Å². The van der Waals surface area contributed by atoms with E-state index in [0.29, 0.717) is 5.54 Å². The number of piperazine rings is 1. The standard InChI is InChI=1S/C19H26N2/c1-7-16-11-20-12-19(10-17(19)8-2)21(9-3)15(6)18(20)14(5)13(16)4/h7,11,17H,1,4,6,8-10,12H2,2-3,5H3. The van der Waals surface area contributed by atoms with E-state index < -0.39 is 0 Å². The molecular weight excluding hydrogens is 256 g/mol. The third-order valence-corrected chi connectivity index (χ3v) is 5.55. The number of allylic oxidation sites excluding steroid dienone is 4. The van der Waals surface area contributed by atoms with Gasteiger partial charge in [-0.1, -0.05) is 39.2 Å². The van der Waals surface area contributed by atoms with Gasteiger partial charge in [-0.2, -0.15) is 0 Å². The molecule has 2 fully saturated rings. The summed E-state index contributed by atoms with van der Waals surface area (Å²) in [6, 6.07) is 0. The third-order valence-electron chi connectivity index (χ3n) is 5.55. The summed E-state index contributed by atoms with van der Waals surface area (Å²) in [6.45, 7) is 21.4. The second kappa shape index (κ2) is 4.66. The zero-order valence-electron chi connectivity index (χ0n) is 13.6. The van der Waals surface area contributed by atoms with Gasteiger partial charge in [-0.3, -0.25) is 0 Å². The third kappa shape index (κ3) is 1.78. The molecule has 2 unspecified atom stereocenters. The van der Waals surface area contributed by atoms with Gasteiger partial charge in [-0.25, -0.2) is 0 Å². The van der Waals surface area contributed by atoms with Crippen molar-refractivity contribution in [2.45, 2.75) is 39.2 Å². The molecule has 1 saturated carbocycles. The summed E-state index contributed by atoms with van der Waals surface area (Å²) >= 11 is 0. The van der Waals surface area contributed by atoms with Crippen LogP contribution in [0.3, 0.4) is 0 Å². The van der Waals surface area contributed by atoms with Gasteiger partial charge in [-0.15, -0.1) is 0 Å². The van der Waals surface area contributed by atoms with E-state index in [0.717, 1.165) is 35.9 Å². The van der Waals surface area contributed by atoms with Gasteiger partial charge in [0.15, 0.2) is 0 Å². The molecule has 21 heavy (non-hydrogen) atoms. The minimum absolute atomic E-state index is 0.297. The van der Waals surface area contributed by atoms with Crippen molar-refractivity contribution in [2.24, 2.45) is 5.92 Å². The first-order valence-electron chi connectivity index (χ1n) is 7.98. The molecule has 0 aromatic carbocycles. The van der Waals surface area contributed by atoms with Crippen LogP contribution < -0.4 is 0 Å². The molecule has 2 atom stereocenters. The fraction of sp³-hybridized carbons (Fsp3) is 0.474. The molecule has 2 heterocycles. The Morgan fingerprint density at radius 3 is 2.62 bits per heavy atom. The van der Waals surface area contributed by atoms with E-state index in [9.17, 15) is 0 Å². The zero-order valence-corrected chi connectivity index (χ0v) is 13.6. The highest BCUT2D eigenvalue weighted by molar-refractivity contribution is 5.58. The van der Waals surface area contributed by atoms with Gasteiger partial charge in [0.2, 0.25) is 0 Å². The molecule has 0 bridgehead atoms. The van der Waals surface area contributed by atoms with Crippen molar-refractivity contribution in [2.75, 3.05) is 13.1 Å². The van der Waals surface area contributed by atoms with E-state index in [1.807, 2.05) is 6.08 Å². The smallest absolute Gasteiger partial charge is 0.0674 e. The number of rotatable bonds is 3. The highest BCUT2D eigenvalue weighted by Crippen LogP contribution is 2.56. The van der Waals surface area contributed by atoms with Crippen LogP contribution in [0.4, 0.5) is 0 Å². The minimum atomic E-state index is 0.297. The largest absolute Gasteiger partial charge is 0.363 e. The molecule has 1 aliphatic carbocycles. The summed E-state index contributed by atoms with van der Waals surface area (Å²) in [5.74, 6) is 0.793. The Kier molecular flexibility index (Phi) is 3.16. The maximum Gasteiger partial charge on any atom is 0.0674 e. The van der Waals surface area contributed by atoms with Gasteiger partial charge < -0.3 is 9.80 Å². The lowest BCUT2D eigenvalue weighted by Gasteiger charge is -2.48. The van der Waals surface area contributed by atoms with Crippen LogP contribution in [0.5, 0.6) is 0 Å². The van der Waals surface area contributed by atoms with Crippen LogP contribution in [0.2, 0.25) is 0 Å². The number of hydrogen-bond donors (Lipinski definition) is 0. The van der Waals surface area contributed by atoms with E-state index in [1.54, 1.807) is 0 Å². The van der Waals surface area contributed by atoms with Gasteiger partial charge in [0.25, 0.3) is 0 Å². The molecule has 2 aliphatic heterocycles. The maximum absolute atomic E-state index is 4.42. The first-order valence-corrected chi connectivity index (χ1v) is 7.98. The lowest BCUT2D eigenvalue weighted by atomic mass is 9.91. The zero-order chi connectivity index (χ0) is 15.4. The summed E-state index contributed by atoms with van der Waals surface area (Å²) in [6.07, 6.45) is 6.66. The Morgan fingerprint density at radius 2 is 2.10 bits per heavy atom. The summed E-state index contributed by atoms with van der Waals surface area (Å²) in [7, 11) is 0. The molecule has 0 aromatic rings. The first kappa shape index (κ1) is 14.2. The van der Waals surface area contributed by atoms with Crippen LogP contribution >= 0.6 is 0 Å². The number of nitrogens with zero attached hydrogens (tertiary/aromatic N) is 2. The Bertz CT molecular complexity index is 593. The van der Waals surface area contributed by atoms with Crippen molar-refractivity contribution in [3.8, 4) is 0 Å². The predicted octanol–water partition coefficient (Wildman–Crippen LogP) is 4.22. The van der Waals surface area contributed by atoms with Crippen LogP contribution in [0.1, 0.15) is 33.6 Å². The quantitative estimate of drug-likeness (QED) is 0.764. The van der Waals surface area contributed by atoms with E-state index in [1.165, 1.54) is 24.1 Å². The van der Waals surface area contributed by atoms with Gasteiger partial charge in [0, 0.05) is 19.3 Å². The van der Waals surface area contributed by atoms with E-state index >= 15 is 0 Å². The molecule has 3 rings (SSSR count). The molecule has 0 N–H and O–H groups in total. The molecule has 112 valence electrons. The van der Waals surface area contributed by atoms with E-state index in [2.05, 4.69) is 56.5 Å². The first-order chi connectivity index (χ1) is 10.00. The van der Waals surface area contributed by atoms with Crippen molar-refractivity contribution in [3.05, 3.63) is 60.1 Å². The van der Waals surface area contributed by atoms with Crippen LogP contribution in [0.25, 0.3) is 0 Å². The molecule has 2 heteroatoms. The van der Waals surface area contributed by atoms with Crippen molar-refractivity contribution >= 4 is 0 Å². The molecule has 0 radical (unpaired) electrons. The number of likely N-dealkylation sites (N-methyl/N-ethyl adjacent to an activating group) is 1. The summed E-state index contributed by atoms with van der Waals surface area (Å²) in [4.78, 5) is 4.93. The summed E-state index contributed by atoms with van der Waals surface area (Å²) in [5.41, 5.74) is 6.16. The lowest BCUT2D eigenvalue weighted by Crippen LogP contribution is -2.52. The van der Waals surface area contributed by atoms with Crippen molar-refractivity contribution in [3.63, 3.8) is 0 Å². The van der Waals surface area contributed by atoms with Crippen LogP contribution in [-0.4, -0.2) is 28.4 Å². The van der Waals surface area contributed by atoms with Crippen molar-refractivity contribution < 1.29 is 0 Å². The fourth-order valence-electron chi connectivity index (χ4n) is 4.27. The Hall–Kier alpha value is -1.70. The minimum Gasteiger partial charge on any atom is -0.363 e. The lowest BCUT2D eigenvalue weighted by molar-refractivity contribution is 0.147. The normalized spacial score (nSPS) is 31.6. The predicted molar refractivity (Wildman–Crippen MR) is 89.5 cm³/mol. The molecule has 0 amide bonds. The Morgan fingerprint density at radius 1 is 1.38 bits per heavy atom. The van der Waals surface area contributed by atoms with Gasteiger partial charge >= 0.3 is 0 Å². The highest BCUT2D eigenvalue weighted by atomic mass is 15.4. The van der Waals surface area contributed by atoms with Crippen molar-refractivity contribution in [1.29, 1.82) is 0 Å². The molecular formula is C19H26N2. The topological polar surface area (TPSA) is 6.48 Å². The average molecular weight is 282 g/mol. The van der Waals surface area contributed by atoms with E-state index in [-0.39, 0.29) is 0 Å². The van der Waals surface area contributed by atoms with Crippen LogP contribution in [0.15, 0.2) is 60.1 Å². The van der Waals surface area contributed by atoms with Gasteiger partial charge in [0.05, 0.1) is 16.9 Å². The van der Waals surface area contributed by atoms with Gasteiger partial charge in [-0.05, 0) is 42.9 Å². The number of fused-ring (bicyclic) bond motifs is 1. The average Bonchev–Trinajstić information content (AvgIpc) is 3.16. The summed E-state index contributed by atoms with van der Waals surface area (Å²) in [5, 5.41) is 0. The summed E-state index contributed by atoms with van der Waals surface area (Å²) < 4.78 is 0. The second-order valence-corrected chi connectivity index (χ2v) is 6.47. The molecule has 1 saturated heterocycles. The Labute approximate surface area is 128 Å². The molecule has 0 aromatic heterocycles. The Balaban J connectivity index is 2.05. The van der Waals surface area contributed by atoms with Gasteiger partial charge in [0.1, 0.15) is 0 Å². The monoisotopic (exact) mass is 282 g/mol. The molecule has 3 aliphatic rings.